The molecule has 0 spiro atoms. The molecule has 0 bridgehead atoms. The fraction of sp³-hybridized carbons (Fsp3) is 0.727. The Bertz CT molecular complexity index is 271. The summed E-state index contributed by atoms with van der Waals surface area (Å²) in [6.07, 6.45) is 9.52. The Kier molecular flexibility index (Phi) is 7.55. The third-order valence-corrected chi connectivity index (χ3v) is 3.53. The summed E-state index contributed by atoms with van der Waals surface area (Å²) in [5, 5.41) is 0. The molecule has 0 aromatic rings. The van der Waals surface area contributed by atoms with Gasteiger partial charge in [0, 0.05) is 24.6 Å². The number of nitrogens with zero attached hydrogens (tertiary/aromatic N) is 1. The predicted molar refractivity (Wildman–Crippen MR) is 75.8 cm³/mol. The van der Waals surface area contributed by atoms with Crippen molar-refractivity contribution < 1.29 is 4.79 Å². The van der Waals surface area contributed by atoms with Crippen molar-refractivity contribution in [3.8, 4) is 0 Å². The second kappa shape index (κ2) is 8.72. The third kappa shape index (κ3) is 6.85. The van der Waals surface area contributed by atoms with Crippen LogP contribution < -0.4 is 10.9 Å². The SMILES string of the molecule is CCCCCCCCC(=O)NN1NC=C(S)S1. The van der Waals surface area contributed by atoms with Gasteiger partial charge in [0.1, 0.15) is 0 Å². The van der Waals surface area contributed by atoms with Crippen LogP contribution in [0.4, 0.5) is 0 Å². The molecule has 1 rings (SSSR count). The van der Waals surface area contributed by atoms with E-state index in [9.17, 15) is 4.79 Å². The smallest absolute Gasteiger partial charge is 0.236 e. The minimum atomic E-state index is 0.0527. The maximum absolute atomic E-state index is 11.5. The minimum Gasteiger partial charge on any atom is -0.297 e. The van der Waals surface area contributed by atoms with Gasteiger partial charge in [-0.05, 0) is 6.42 Å². The van der Waals surface area contributed by atoms with E-state index in [0.29, 0.717) is 6.42 Å². The maximum atomic E-state index is 11.5. The molecule has 0 aliphatic carbocycles. The number of nitrogens with one attached hydrogen (secondary N) is 2. The van der Waals surface area contributed by atoms with Gasteiger partial charge in [-0.25, -0.2) is 0 Å². The number of hydrogen-bond acceptors (Lipinski definition) is 5. The number of rotatable bonds is 8. The molecule has 0 saturated heterocycles. The van der Waals surface area contributed by atoms with Crippen LogP contribution in [0.25, 0.3) is 0 Å². The van der Waals surface area contributed by atoms with E-state index in [1.54, 1.807) is 10.7 Å². The van der Waals surface area contributed by atoms with Gasteiger partial charge < -0.3 is 0 Å². The van der Waals surface area contributed by atoms with Crippen LogP contribution in [-0.2, 0) is 4.79 Å². The lowest BCUT2D eigenvalue weighted by molar-refractivity contribution is -0.124. The van der Waals surface area contributed by atoms with Gasteiger partial charge in [0.05, 0.1) is 4.24 Å². The van der Waals surface area contributed by atoms with Crippen molar-refractivity contribution in [2.75, 3.05) is 0 Å². The van der Waals surface area contributed by atoms with Gasteiger partial charge in [0.2, 0.25) is 5.91 Å². The van der Waals surface area contributed by atoms with Crippen LogP contribution in [0.2, 0.25) is 0 Å². The molecule has 1 aliphatic heterocycles. The van der Waals surface area contributed by atoms with Crippen molar-refractivity contribution in [3.63, 3.8) is 0 Å². The van der Waals surface area contributed by atoms with E-state index in [2.05, 4.69) is 30.4 Å². The van der Waals surface area contributed by atoms with Gasteiger partial charge in [-0.3, -0.25) is 15.6 Å². The zero-order valence-electron chi connectivity index (χ0n) is 10.2. The van der Waals surface area contributed by atoms with E-state index in [1.165, 1.54) is 37.6 Å². The summed E-state index contributed by atoms with van der Waals surface area (Å²) in [6, 6.07) is 0. The molecule has 1 heterocycles. The molecule has 1 amide bonds. The fourth-order valence-electron chi connectivity index (χ4n) is 1.55. The van der Waals surface area contributed by atoms with Crippen molar-refractivity contribution in [1.29, 1.82) is 0 Å². The van der Waals surface area contributed by atoms with E-state index < -0.39 is 0 Å². The number of hydrogen-bond donors (Lipinski definition) is 3. The summed E-state index contributed by atoms with van der Waals surface area (Å²) in [4.78, 5) is 11.5. The van der Waals surface area contributed by atoms with Crippen LogP contribution in [0, 0.1) is 0 Å². The first-order chi connectivity index (χ1) is 8.22. The first-order valence-electron chi connectivity index (χ1n) is 6.15. The van der Waals surface area contributed by atoms with E-state index in [0.717, 1.165) is 17.1 Å². The number of carbonyl (C=O) groups is 1. The van der Waals surface area contributed by atoms with Crippen LogP contribution >= 0.6 is 24.6 Å². The molecule has 0 unspecified atom stereocenters. The van der Waals surface area contributed by atoms with Gasteiger partial charge >= 0.3 is 0 Å². The van der Waals surface area contributed by atoms with Crippen molar-refractivity contribution >= 4 is 30.5 Å². The molecular weight excluding hydrogens is 254 g/mol. The highest BCUT2D eigenvalue weighted by atomic mass is 32.2. The van der Waals surface area contributed by atoms with Crippen molar-refractivity contribution in [2.45, 2.75) is 51.9 Å². The van der Waals surface area contributed by atoms with Crippen LogP contribution in [0.5, 0.6) is 0 Å². The lowest BCUT2D eigenvalue weighted by Gasteiger charge is -2.15. The number of amides is 1. The molecule has 0 atom stereocenters. The van der Waals surface area contributed by atoms with Gasteiger partial charge in [-0.1, -0.05) is 43.6 Å². The van der Waals surface area contributed by atoms with Crippen LogP contribution in [0.3, 0.4) is 0 Å². The highest BCUT2D eigenvalue weighted by molar-refractivity contribution is 8.14. The molecule has 4 nitrogen and oxygen atoms in total. The number of thiol groups is 1. The highest BCUT2D eigenvalue weighted by Crippen LogP contribution is 2.24. The minimum absolute atomic E-state index is 0.0527. The topological polar surface area (TPSA) is 44.4 Å². The average molecular weight is 275 g/mol. The van der Waals surface area contributed by atoms with E-state index in [-0.39, 0.29) is 5.91 Å². The Morgan fingerprint density at radius 3 is 2.76 bits per heavy atom. The second-order valence-electron chi connectivity index (χ2n) is 4.05. The second-order valence-corrected chi connectivity index (χ2v) is 5.82. The van der Waals surface area contributed by atoms with Crippen molar-refractivity contribution in [3.05, 3.63) is 10.4 Å². The largest absolute Gasteiger partial charge is 0.297 e. The van der Waals surface area contributed by atoms with E-state index >= 15 is 0 Å². The molecule has 0 radical (unpaired) electrons. The molecule has 98 valence electrons. The quantitative estimate of drug-likeness (QED) is 0.362. The molecule has 17 heavy (non-hydrogen) atoms. The summed E-state index contributed by atoms with van der Waals surface area (Å²) >= 11 is 5.52. The molecule has 0 aromatic heterocycles. The normalized spacial score (nSPS) is 15.5. The standard InChI is InChI=1S/C11H21N3OS2/c1-2-3-4-5-6-7-8-10(15)13-14-12-9-11(16)17-14/h9,12,16H,2-8H2,1H3,(H,13,15). The monoisotopic (exact) mass is 275 g/mol. The van der Waals surface area contributed by atoms with E-state index in [1.807, 2.05) is 0 Å². The summed E-state index contributed by atoms with van der Waals surface area (Å²) in [5.74, 6) is 0.0527. The van der Waals surface area contributed by atoms with Gasteiger partial charge in [0.15, 0.2) is 0 Å². The summed E-state index contributed by atoms with van der Waals surface area (Å²) in [5.41, 5.74) is 5.64. The lowest BCUT2D eigenvalue weighted by atomic mass is 10.1. The number of unbranched alkanes of at least 4 members (excludes halogenated alkanes) is 5. The van der Waals surface area contributed by atoms with E-state index in [4.69, 9.17) is 0 Å². The number of carbonyl (C=O) groups excluding carboxylic acids is 1. The van der Waals surface area contributed by atoms with Crippen LogP contribution in [0.1, 0.15) is 51.9 Å². The van der Waals surface area contributed by atoms with Crippen LogP contribution in [-0.4, -0.2) is 10.4 Å². The lowest BCUT2D eigenvalue weighted by Crippen LogP contribution is -2.41. The fourth-order valence-corrected chi connectivity index (χ4v) is 2.40. The highest BCUT2D eigenvalue weighted by Gasteiger charge is 2.14. The summed E-state index contributed by atoms with van der Waals surface area (Å²) in [7, 11) is 0. The maximum Gasteiger partial charge on any atom is 0.236 e. The molecular formula is C11H21N3OS2. The van der Waals surface area contributed by atoms with Crippen molar-refractivity contribution in [2.24, 2.45) is 0 Å². The van der Waals surface area contributed by atoms with Gasteiger partial charge in [-0.2, -0.15) is 0 Å². The molecule has 6 heteroatoms. The number of hydrazine groups is 2. The Hall–Kier alpha value is -0.330. The van der Waals surface area contributed by atoms with Gasteiger partial charge in [0.25, 0.3) is 0 Å². The Labute approximate surface area is 113 Å². The van der Waals surface area contributed by atoms with Crippen LogP contribution in [0.15, 0.2) is 10.4 Å². The zero-order valence-corrected chi connectivity index (χ0v) is 11.9. The molecule has 2 N–H and O–H groups in total. The molecule has 1 aliphatic rings. The third-order valence-electron chi connectivity index (χ3n) is 2.47. The average Bonchev–Trinajstić information content (AvgIpc) is 2.69. The first kappa shape index (κ1) is 14.7. The molecule has 0 fully saturated rings. The Balaban J connectivity index is 1.95. The first-order valence-corrected chi connectivity index (χ1v) is 7.37. The summed E-state index contributed by atoms with van der Waals surface area (Å²) < 4.78 is 2.41. The van der Waals surface area contributed by atoms with Gasteiger partial charge in [-0.15, -0.1) is 12.6 Å². The summed E-state index contributed by atoms with van der Waals surface area (Å²) in [6.45, 7) is 2.21. The van der Waals surface area contributed by atoms with Crippen molar-refractivity contribution in [1.82, 2.24) is 15.4 Å². The Morgan fingerprint density at radius 2 is 2.12 bits per heavy atom. The Morgan fingerprint density at radius 1 is 1.41 bits per heavy atom. The molecule has 0 saturated carbocycles. The molecule has 0 aromatic carbocycles. The predicted octanol–water partition coefficient (Wildman–Crippen LogP) is 2.97. The zero-order chi connectivity index (χ0) is 12.5.